The Hall–Kier alpha value is -1.10. The van der Waals surface area contributed by atoms with Crippen LogP contribution in [0.25, 0.3) is 0 Å². The minimum Gasteiger partial charge on any atom is -0.358 e. The molecule has 0 unspecified atom stereocenters. The summed E-state index contributed by atoms with van der Waals surface area (Å²) in [7, 11) is 1.60. The Morgan fingerprint density at radius 3 is 2.58 bits per heavy atom. The number of likely N-dealkylation sites (N-methyl/N-ethyl adjacent to an activating group) is 1. The first kappa shape index (κ1) is 16.0. The molecule has 0 radical (unpaired) electrons. The average molecular weight is 269 g/mol. The molecule has 5 nitrogen and oxygen atoms in total. The van der Waals surface area contributed by atoms with Crippen molar-refractivity contribution >= 4 is 11.8 Å². The SMILES string of the molecule is CCCN(CC(=O)NC)C(=O)CCC1CCNCC1. The van der Waals surface area contributed by atoms with E-state index in [0.29, 0.717) is 18.9 Å². The number of carbonyl (C=O) groups excluding carboxylic acids is 2. The minimum atomic E-state index is -0.0938. The first-order valence-electron chi connectivity index (χ1n) is 7.36. The highest BCUT2D eigenvalue weighted by Crippen LogP contribution is 2.18. The number of piperidine rings is 1. The van der Waals surface area contributed by atoms with Crippen LogP contribution in [-0.4, -0.2) is 49.9 Å². The monoisotopic (exact) mass is 269 g/mol. The summed E-state index contributed by atoms with van der Waals surface area (Å²) in [6, 6.07) is 0. The van der Waals surface area contributed by atoms with E-state index < -0.39 is 0 Å². The lowest BCUT2D eigenvalue weighted by Crippen LogP contribution is -2.40. The zero-order valence-corrected chi connectivity index (χ0v) is 12.2. The van der Waals surface area contributed by atoms with Gasteiger partial charge in [-0.2, -0.15) is 0 Å². The van der Waals surface area contributed by atoms with Crippen LogP contribution in [0.15, 0.2) is 0 Å². The van der Waals surface area contributed by atoms with Crippen molar-refractivity contribution in [3.63, 3.8) is 0 Å². The number of amides is 2. The molecule has 0 aromatic rings. The second-order valence-electron chi connectivity index (χ2n) is 5.22. The van der Waals surface area contributed by atoms with Crippen molar-refractivity contribution < 1.29 is 9.59 Å². The van der Waals surface area contributed by atoms with Gasteiger partial charge in [0.15, 0.2) is 0 Å². The maximum absolute atomic E-state index is 12.2. The van der Waals surface area contributed by atoms with Gasteiger partial charge >= 0.3 is 0 Å². The minimum absolute atomic E-state index is 0.0938. The molecule has 1 rings (SSSR count). The van der Waals surface area contributed by atoms with Gasteiger partial charge in [-0.3, -0.25) is 9.59 Å². The fraction of sp³-hybridized carbons (Fsp3) is 0.857. The summed E-state index contributed by atoms with van der Waals surface area (Å²) in [6.45, 7) is 5.01. The molecule has 19 heavy (non-hydrogen) atoms. The molecule has 1 aliphatic heterocycles. The molecule has 0 aromatic heterocycles. The van der Waals surface area contributed by atoms with Gasteiger partial charge in [0, 0.05) is 20.0 Å². The third-order valence-corrected chi connectivity index (χ3v) is 3.68. The van der Waals surface area contributed by atoms with E-state index >= 15 is 0 Å². The molecule has 5 heteroatoms. The van der Waals surface area contributed by atoms with Crippen LogP contribution in [0.1, 0.15) is 39.0 Å². The van der Waals surface area contributed by atoms with E-state index in [9.17, 15) is 9.59 Å². The third kappa shape index (κ3) is 6.05. The van der Waals surface area contributed by atoms with Crippen molar-refractivity contribution in [2.45, 2.75) is 39.0 Å². The van der Waals surface area contributed by atoms with E-state index in [-0.39, 0.29) is 18.4 Å². The summed E-state index contributed by atoms with van der Waals surface area (Å²) in [5.74, 6) is 0.682. The highest BCUT2D eigenvalue weighted by Gasteiger charge is 2.19. The highest BCUT2D eigenvalue weighted by atomic mass is 16.2. The van der Waals surface area contributed by atoms with Gasteiger partial charge < -0.3 is 15.5 Å². The predicted octanol–water partition coefficient (Wildman–Crippen LogP) is 0.751. The summed E-state index contributed by atoms with van der Waals surface area (Å²) in [5.41, 5.74) is 0. The summed E-state index contributed by atoms with van der Waals surface area (Å²) >= 11 is 0. The Morgan fingerprint density at radius 2 is 2.00 bits per heavy atom. The van der Waals surface area contributed by atoms with Crippen molar-refractivity contribution in [1.82, 2.24) is 15.5 Å². The number of hydrogen-bond acceptors (Lipinski definition) is 3. The Kier molecular flexibility index (Phi) is 7.48. The number of nitrogens with one attached hydrogen (secondary N) is 2. The van der Waals surface area contributed by atoms with E-state index in [2.05, 4.69) is 10.6 Å². The Balaban J connectivity index is 2.35. The lowest BCUT2D eigenvalue weighted by Gasteiger charge is -2.25. The van der Waals surface area contributed by atoms with Crippen molar-refractivity contribution in [2.75, 3.05) is 33.2 Å². The molecule has 1 aliphatic rings. The molecule has 1 fully saturated rings. The first-order chi connectivity index (χ1) is 9.17. The molecule has 0 aliphatic carbocycles. The number of hydrogen-bond donors (Lipinski definition) is 2. The van der Waals surface area contributed by atoms with Crippen molar-refractivity contribution in [3.05, 3.63) is 0 Å². The number of nitrogens with zero attached hydrogens (tertiary/aromatic N) is 1. The Labute approximate surface area is 116 Å². The molecule has 0 aromatic carbocycles. The van der Waals surface area contributed by atoms with Crippen LogP contribution in [0.4, 0.5) is 0 Å². The van der Waals surface area contributed by atoms with E-state index in [0.717, 1.165) is 38.8 Å². The Morgan fingerprint density at radius 1 is 1.32 bits per heavy atom. The van der Waals surface area contributed by atoms with Gasteiger partial charge in [-0.1, -0.05) is 6.92 Å². The maximum atomic E-state index is 12.2. The molecule has 2 N–H and O–H groups in total. The summed E-state index contributed by atoms with van der Waals surface area (Å²) in [4.78, 5) is 25.2. The third-order valence-electron chi connectivity index (χ3n) is 3.68. The predicted molar refractivity (Wildman–Crippen MR) is 75.8 cm³/mol. The smallest absolute Gasteiger partial charge is 0.239 e. The fourth-order valence-electron chi connectivity index (χ4n) is 2.47. The standard InChI is InChI=1S/C14H27N3O2/c1-3-10-17(11-13(18)15-2)14(19)5-4-12-6-8-16-9-7-12/h12,16H,3-11H2,1-2H3,(H,15,18). The lowest BCUT2D eigenvalue weighted by atomic mass is 9.93. The average Bonchev–Trinajstić information content (AvgIpc) is 2.45. The zero-order chi connectivity index (χ0) is 14.1. The van der Waals surface area contributed by atoms with Crippen LogP contribution in [-0.2, 0) is 9.59 Å². The van der Waals surface area contributed by atoms with Crippen LogP contribution in [0.2, 0.25) is 0 Å². The molecular formula is C14H27N3O2. The van der Waals surface area contributed by atoms with E-state index in [1.165, 1.54) is 0 Å². The van der Waals surface area contributed by atoms with Crippen LogP contribution in [0.3, 0.4) is 0 Å². The van der Waals surface area contributed by atoms with Crippen LogP contribution in [0.5, 0.6) is 0 Å². The van der Waals surface area contributed by atoms with E-state index in [4.69, 9.17) is 0 Å². The lowest BCUT2D eigenvalue weighted by molar-refractivity contribution is -0.136. The molecule has 1 heterocycles. The van der Waals surface area contributed by atoms with Crippen LogP contribution < -0.4 is 10.6 Å². The fourth-order valence-corrected chi connectivity index (χ4v) is 2.47. The number of carbonyl (C=O) groups is 2. The second kappa shape index (κ2) is 8.91. The highest BCUT2D eigenvalue weighted by molar-refractivity contribution is 5.84. The zero-order valence-electron chi connectivity index (χ0n) is 12.2. The van der Waals surface area contributed by atoms with Crippen molar-refractivity contribution in [3.8, 4) is 0 Å². The topological polar surface area (TPSA) is 61.4 Å². The van der Waals surface area contributed by atoms with Gasteiger partial charge in [-0.25, -0.2) is 0 Å². The van der Waals surface area contributed by atoms with Crippen molar-refractivity contribution in [1.29, 1.82) is 0 Å². The molecule has 0 bridgehead atoms. The van der Waals surface area contributed by atoms with Gasteiger partial charge in [0.1, 0.15) is 0 Å². The van der Waals surface area contributed by atoms with Crippen LogP contribution >= 0.6 is 0 Å². The van der Waals surface area contributed by atoms with Gasteiger partial charge in [-0.05, 0) is 44.7 Å². The number of rotatable bonds is 7. The second-order valence-corrected chi connectivity index (χ2v) is 5.22. The van der Waals surface area contributed by atoms with E-state index in [1.54, 1.807) is 11.9 Å². The molecule has 0 saturated carbocycles. The molecule has 0 spiro atoms. The maximum Gasteiger partial charge on any atom is 0.239 e. The first-order valence-corrected chi connectivity index (χ1v) is 7.36. The van der Waals surface area contributed by atoms with Gasteiger partial charge in [0.05, 0.1) is 6.54 Å². The van der Waals surface area contributed by atoms with Gasteiger partial charge in [0.25, 0.3) is 0 Å². The molecule has 2 amide bonds. The van der Waals surface area contributed by atoms with Crippen LogP contribution in [0, 0.1) is 5.92 Å². The van der Waals surface area contributed by atoms with Gasteiger partial charge in [-0.15, -0.1) is 0 Å². The summed E-state index contributed by atoms with van der Waals surface area (Å²) in [5, 5.41) is 5.90. The summed E-state index contributed by atoms with van der Waals surface area (Å²) in [6.07, 6.45) is 4.74. The van der Waals surface area contributed by atoms with Crippen molar-refractivity contribution in [2.24, 2.45) is 5.92 Å². The Bertz CT molecular complexity index is 288. The quantitative estimate of drug-likeness (QED) is 0.717. The normalized spacial score (nSPS) is 16.1. The van der Waals surface area contributed by atoms with Gasteiger partial charge in [0.2, 0.25) is 11.8 Å². The molecule has 0 atom stereocenters. The molecular weight excluding hydrogens is 242 g/mol. The molecule has 1 saturated heterocycles. The van der Waals surface area contributed by atoms with E-state index in [1.807, 2.05) is 6.92 Å². The molecule has 110 valence electrons. The largest absolute Gasteiger partial charge is 0.358 e. The summed E-state index contributed by atoms with van der Waals surface area (Å²) < 4.78 is 0.